The first-order chi connectivity index (χ1) is 26.8. The van der Waals surface area contributed by atoms with Crippen molar-refractivity contribution in [3.8, 4) is 0 Å². The average molecular weight is 1070 g/mol. The smallest absolute Gasteiger partial charge is 0.0107 e. The summed E-state index contributed by atoms with van der Waals surface area (Å²) in [5.41, 5.74) is 1.33. The third kappa shape index (κ3) is 74.5. The molecular weight excluding hydrogens is 965 g/mol. The Morgan fingerprint density at radius 2 is 0.633 bits per heavy atom. The number of hydrogen-bond acceptors (Lipinski definition) is 7. The third-order valence-electron chi connectivity index (χ3n) is 8.78. The quantitative estimate of drug-likeness (QED) is 0.271. The number of piperidine rings is 2. The fourth-order valence-corrected chi connectivity index (χ4v) is 5.53. The maximum Gasteiger partial charge on any atom is 0.0107 e. The van der Waals surface area contributed by atoms with Crippen LogP contribution < -0.4 is 0 Å². The van der Waals surface area contributed by atoms with E-state index >= 15 is 0 Å². The van der Waals surface area contributed by atoms with Gasteiger partial charge in [0.15, 0.2) is 0 Å². The number of likely N-dealkylation sites (tertiary alicyclic amines) is 3. The van der Waals surface area contributed by atoms with Crippen LogP contribution in [0, 0.1) is 17.8 Å². The second-order valence-electron chi connectivity index (χ2n) is 18.4. The van der Waals surface area contributed by atoms with Gasteiger partial charge in [-0.2, -0.15) is 65.2 Å². The Bertz CT molecular complexity index is 800. The van der Waals surface area contributed by atoms with Crippen molar-refractivity contribution in [2.75, 3.05) is 142 Å². The van der Waals surface area contributed by atoms with E-state index in [0.717, 1.165) is 0 Å². The van der Waals surface area contributed by atoms with E-state index < -0.39 is 0 Å². The van der Waals surface area contributed by atoms with Gasteiger partial charge in [-0.1, -0.05) is 46.6 Å². The van der Waals surface area contributed by atoms with Crippen LogP contribution in [-0.4, -0.2) is 176 Å². The molecule has 4 heterocycles. The first-order valence-corrected chi connectivity index (χ1v) is 22.9. The molecule has 0 atom stereocenters. The Hall–Kier alpha value is 2.12. The Morgan fingerprint density at radius 3 is 0.783 bits per heavy atom. The van der Waals surface area contributed by atoms with E-state index in [-0.39, 0.29) is 98.1 Å². The van der Waals surface area contributed by atoms with Crippen molar-refractivity contribution in [1.82, 2.24) is 34.3 Å². The zero-order valence-corrected chi connectivity index (χ0v) is 52.8. The minimum absolute atomic E-state index is 0. The second-order valence-corrected chi connectivity index (χ2v) is 18.4. The van der Waals surface area contributed by atoms with Crippen LogP contribution in [0.15, 0.2) is 30.3 Å². The van der Waals surface area contributed by atoms with E-state index in [9.17, 15) is 0 Å². The topological polar surface area (TPSA) is 22.7 Å². The molecule has 353 valence electrons. The van der Waals surface area contributed by atoms with E-state index in [0.29, 0.717) is 0 Å². The maximum absolute atomic E-state index is 2.39. The fourth-order valence-electron chi connectivity index (χ4n) is 5.53. The number of hydrogen-bond donors (Lipinski definition) is 0. The van der Waals surface area contributed by atoms with Crippen LogP contribution in [0.3, 0.4) is 0 Å². The van der Waals surface area contributed by atoms with Crippen molar-refractivity contribution in [2.45, 2.75) is 133 Å². The molecule has 10 heteroatoms. The van der Waals surface area contributed by atoms with Gasteiger partial charge in [-0.25, -0.2) is 0 Å². The molecule has 0 N–H and O–H groups in total. The van der Waals surface area contributed by atoms with Crippen molar-refractivity contribution in [3.05, 3.63) is 53.6 Å². The summed E-state index contributed by atoms with van der Waals surface area (Å²) in [6, 6.07) is 10.4. The predicted octanol–water partition coefficient (Wildman–Crippen LogP) is 10.6. The van der Waals surface area contributed by atoms with Crippen LogP contribution in [-0.2, 0) is 98.1 Å². The molecule has 1 aromatic rings. The van der Waals surface area contributed by atoms with Crippen molar-refractivity contribution in [1.29, 1.82) is 0 Å². The molecule has 0 aromatic heterocycles. The van der Waals surface area contributed by atoms with Gasteiger partial charge in [0, 0.05) is 124 Å². The largest absolute Gasteiger partial charge is 0.323 e. The molecule has 0 unspecified atom stereocenters. The van der Waals surface area contributed by atoms with Gasteiger partial charge in [-0.05, 0) is 167 Å². The molecule has 0 saturated carbocycles. The van der Waals surface area contributed by atoms with Gasteiger partial charge in [0.05, 0.1) is 0 Å². The molecule has 4 aliphatic rings. The molecule has 4 aliphatic heterocycles. The number of benzene rings is 1. The average Bonchev–Trinajstić information content (AvgIpc) is 3.62. The van der Waals surface area contributed by atoms with Crippen LogP contribution >= 0.6 is 0 Å². The predicted molar refractivity (Wildman–Crippen MR) is 263 cm³/mol. The van der Waals surface area contributed by atoms with Crippen LogP contribution in [0.2, 0.25) is 0 Å². The maximum atomic E-state index is 2.39. The molecular formula is C50H106N7Y3-3. The number of nitrogens with zero attached hydrogens (tertiary/aromatic N) is 7. The Kier molecular flexibility index (Phi) is 72.9. The van der Waals surface area contributed by atoms with Gasteiger partial charge in [0.25, 0.3) is 0 Å². The summed E-state index contributed by atoms with van der Waals surface area (Å²) in [7, 11) is 19.1. The van der Waals surface area contributed by atoms with Crippen LogP contribution in [0.1, 0.15) is 139 Å². The molecule has 0 bridgehead atoms. The minimum Gasteiger partial charge on any atom is -0.323 e. The van der Waals surface area contributed by atoms with Crippen molar-refractivity contribution in [2.24, 2.45) is 0 Å². The summed E-state index contributed by atoms with van der Waals surface area (Å²) < 4.78 is 0. The zero-order valence-electron chi connectivity index (χ0n) is 44.3. The molecule has 4 saturated heterocycles. The van der Waals surface area contributed by atoms with Crippen molar-refractivity contribution in [3.63, 3.8) is 0 Å². The normalized spacial score (nSPS) is 16.5. The summed E-state index contributed by atoms with van der Waals surface area (Å²) >= 11 is 0. The first kappa shape index (κ1) is 76.4. The molecule has 1 aromatic carbocycles. The Labute approximate surface area is 456 Å². The van der Waals surface area contributed by atoms with E-state index in [1.54, 1.807) is 0 Å². The zero-order chi connectivity index (χ0) is 44.4. The number of piperazine rings is 1. The minimum atomic E-state index is 0. The van der Waals surface area contributed by atoms with E-state index in [1.165, 1.54) is 166 Å². The fraction of sp³-hybridized carbons (Fsp3) is 0.820. The van der Waals surface area contributed by atoms with Gasteiger partial charge in [-0.15, -0.1) is 12.1 Å². The van der Waals surface area contributed by atoms with Gasteiger partial charge in [0.1, 0.15) is 0 Å². The standard InChI is InChI=1S/C9H11.C7H17N.C6H14N2.2C6H13N.C5H11N.2C4H9.C3H9N.3Y/c1-8(2)9-6-4-3-5-7-9;1-4-6-8(3)7-5-2;1-7-3-5-8(2)6-4-7;2*1-7-5-3-2-4-6-7;1-6-4-2-3-5-6;3*1-4(2)3;;;/h3-7H,1-2H3;4-7H2,1-3H3;3-6H2,1-2H3;2*2-6H2,1H3;2-5H2,1H3;3*1-3H3;;;/q-1;;;;;;2*-1;;;;. The molecule has 60 heavy (non-hydrogen) atoms. The molecule has 5 rings (SSSR count). The van der Waals surface area contributed by atoms with E-state index in [4.69, 9.17) is 0 Å². The summed E-state index contributed by atoms with van der Waals surface area (Å²) in [4.78, 5) is 16.2. The SMILES string of the molecule is CCCN(C)CCC.CN(C)C.CN1CCCC1.CN1CCCCC1.CN1CCCCC1.CN1CCN(C)CC1.C[C-](C)C.C[C-](C)C.C[C-](C)c1ccccc1.[Y].[Y].[Y]. The molecule has 4 fully saturated rings. The third-order valence-corrected chi connectivity index (χ3v) is 8.78. The molecule has 0 aliphatic carbocycles. The van der Waals surface area contributed by atoms with E-state index in [2.05, 4.69) is 165 Å². The van der Waals surface area contributed by atoms with Crippen LogP contribution in [0.25, 0.3) is 0 Å². The van der Waals surface area contributed by atoms with Crippen LogP contribution in [0.4, 0.5) is 0 Å². The Balaban J connectivity index is -0.000000106. The molecule has 0 amide bonds. The van der Waals surface area contributed by atoms with E-state index in [1.807, 2.05) is 32.1 Å². The Morgan fingerprint density at radius 1 is 0.417 bits per heavy atom. The second kappa shape index (κ2) is 57.2. The van der Waals surface area contributed by atoms with Gasteiger partial charge in [0.2, 0.25) is 0 Å². The molecule has 0 spiro atoms. The first-order valence-electron chi connectivity index (χ1n) is 22.9. The van der Waals surface area contributed by atoms with Crippen LogP contribution in [0.5, 0.6) is 0 Å². The van der Waals surface area contributed by atoms with Crippen molar-refractivity contribution < 1.29 is 98.1 Å². The molecule has 3 radical (unpaired) electrons. The summed E-state index contributed by atoms with van der Waals surface area (Å²) in [5, 5.41) is 0. The monoisotopic (exact) mass is 1070 g/mol. The number of rotatable bonds is 5. The van der Waals surface area contributed by atoms with Gasteiger partial charge >= 0.3 is 0 Å². The van der Waals surface area contributed by atoms with Gasteiger partial charge < -0.3 is 46.1 Å². The summed E-state index contributed by atoms with van der Waals surface area (Å²) in [5.74, 6) is 4.20. The summed E-state index contributed by atoms with van der Waals surface area (Å²) in [6.45, 7) is 36.5. The molecule has 7 nitrogen and oxygen atoms in total. The summed E-state index contributed by atoms with van der Waals surface area (Å²) in [6.07, 6.45) is 13.9. The van der Waals surface area contributed by atoms with Crippen molar-refractivity contribution >= 4 is 0 Å². The van der Waals surface area contributed by atoms with Gasteiger partial charge in [-0.3, -0.25) is 0 Å². The number of likely N-dealkylation sites (N-methyl/N-ethyl adjacent to an activating group) is 2.